The lowest BCUT2D eigenvalue weighted by atomic mass is 10.0. The minimum Gasteiger partial charge on any atom is -0.296 e. The minimum absolute atomic E-state index is 0.271. The molecular weight excluding hydrogens is 334 g/mol. The lowest BCUT2D eigenvalue weighted by Gasteiger charge is -2.34. The van der Waals surface area contributed by atoms with Crippen molar-refractivity contribution in [2.24, 2.45) is 0 Å². The zero-order valence-corrected chi connectivity index (χ0v) is 15.6. The van der Waals surface area contributed by atoms with Crippen molar-refractivity contribution in [2.75, 3.05) is 26.2 Å². The van der Waals surface area contributed by atoms with Crippen LogP contribution in [-0.4, -0.2) is 48.8 Å². The monoisotopic (exact) mass is 359 g/mol. The Balaban J connectivity index is 1.58. The number of rotatable bonds is 5. The van der Waals surface area contributed by atoms with Gasteiger partial charge in [-0.2, -0.15) is 4.31 Å². The van der Waals surface area contributed by atoms with Crippen molar-refractivity contribution in [3.05, 3.63) is 59.9 Å². The third-order valence-electron chi connectivity index (χ3n) is 4.66. The van der Waals surface area contributed by atoms with Gasteiger partial charge in [0.2, 0.25) is 10.0 Å². The van der Waals surface area contributed by atoms with Gasteiger partial charge in [-0.25, -0.2) is 8.42 Å². The molecule has 1 aliphatic rings. The second-order valence-corrected chi connectivity index (χ2v) is 8.70. The summed E-state index contributed by atoms with van der Waals surface area (Å²) in [7, 11) is -3.43. The zero-order chi connectivity index (χ0) is 17.9. The maximum atomic E-state index is 12.6. The highest BCUT2D eigenvalue weighted by Crippen LogP contribution is 2.19. The van der Waals surface area contributed by atoms with Crippen molar-refractivity contribution in [3.8, 4) is 0 Å². The van der Waals surface area contributed by atoms with Gasteiger partial charge in [-0.1, -0.05) is 38.1 Å². The van der Waals surface area contributed by atoms with E-state index in [0.29, 0.717) is 19.0 Å². The molecular formula is C19H25N3O2S. The third-order valence-corrected chi connectivity index (χ3v) is 6.54. The fraction of sp³-hybridized carbons (Fsp3) is 0.421. The highest BCUT2D eigenvalue weighted by molar-refractivity contribution is 7.89. The third kappa shape index (κ3) is 4.26. The van der Waals surface area contributed by atoms with E-state index in [4.69, 9.17) is 0 Å². The fourth-order valence-electron chi connectivity index (χ4n) is 3.04. The molecule has 0 radical (unpaired) electrons. The number of benzene rings is 1. The molecule has 0 unspecified atom stereocenters. The van der Waals surface area contributed by atoms with Crippen LogP contribution in [0, 0.1) is 0 Å². The highest BCUT2D eigenvalue weighted by Gasteiger charge is 2.28. The number of pyridine rings is 1. The van der Waals surface area contributed by atoms with Crippen molar-refractivity contribution in [1.29, 1.82) is 0 Å². The Morgan fingerprint density at radius 3 is 2.28 bits per heavy atom. The smallest absolute Gasteiger partial charge is 0.244 e. The van der Waals surface area contributed by atoms with E-state index < -0.39 is 10.0 Å². The van der Waals surface area contributed by atoms with E-state index >= 15 is 0 Å². The zero-order valence-electron chi connectivity index (χ0n) is 14.8. The van der Waals surface area contributed by atoms with Gasteiger partial charge in [0, 0.05) is 45.1 Å². The Labute approximate surface area is 150 Å². The summed E-state index contributed by atoms with van der Waals surface area (Å²) in [4.78, 5) is 6.50. The fourth-order valence-corrected chi connectivity index (χ4v) is 4.43. The molecule has 0 atom stereocenters. The Morgan fingerprint density at radius 2 is 1.72 bits per heavy atom. The summed E-state index contributed by atoms with van der Waals surface area (Å²) in [5.41, 5.74) is 2.61. The van der Waals surface area contributed by atoms with Crippen LogP contribution in [0.25, 0.3) is 0 Å². The van der Waals surface area contributed by atoms with Crippen LogP contribution >= 0.6 is 0 Å². The molecule has 25 heavy (non-hydrogen) atoms. The van der Waals surface area contributed by atoms with Crippen LogP contribution in [0.2, 0.25) is 0 Å². The second kappa shape index (κ2) is 7.64. The van der Waals surface area contributed by atoms with Crippen molar-refractivity contribution in [3.63, 3.8) is 0 Å². The number of hydrogen-bond donors (Lipinski definition) is 0. The first kappa shape index (κ1) is 18.0. The summed E-state index contributed by atoms with van der Waals surface area (Å²) >= 11 is 0. The van der Waals surface area contributed by atoms with Gasteiger partial charge in [-0.3, -0.25) is 9.88 Å². The quantitative estimate of drug-likeness (QED) is 0.824. The largest absolute Gasteiger partial charge is 0.296 e. The minimum atomic E-state index is -3.43. The van der Waals surface area contributed by atoms with Gasteiger partial charge < -0.3 is 0 Å². The van der Waals surface area contributed by atoms with Crippen LogP contribution in [0.1, 0.15) is 30.9 Å². The first-order valence-electron chi connectivity index (χ1n) is 8.68. The summed E-state index contributed by atoms with van der Waals surface area (Å²) in [6.07, 6.45) is 3.00. The number of sulfonamides is 1. The molecule has 1 fully saturated rings. The molecule has 3 rings (SSSR count). The maximum Gasteiger partial charge on any atom is 0.244 e. The van der Waals surface area contributed by atoms with Gasteiger partial charge >= 0.3 is 0 Å². The summed E-state index contributed by atoms with van der Waals surface area (Å²) in [6.45, 7) is 7.76. The molecule has 0 saturated carbocycles. The molecule has 0 amide bonds. The Kier molecular flexibility index (Phi) is 5.51. The molecule has 1 saturated heterocycles. The van der Waals surface area contributed by atoms with Crippen molar-refractivity contribution < 1.29 is 8.42 Å². The standard InChI is InChI=1S/C19H25N3O2S/c1-16(2)18-7-5-17(6-8-18)15-21-10-12-22(13-11-21)25(23,24)19-4-3-9-20-14-19/h3-9,14,16H,10-13,15H2,1-2H3. The average Bonchev–Trinajstić information content (AvgIpc) is 2.63. The Bertz CT molecular complexity index is 781. The highest BCUT2D eigenvalue weighted by atomic mass is 32.2. The molecule has 0 bridgehead atoms. The lowest BCUT2D eigenvalue weighted by molar-refractivity contribution is 0.181. The van der Waals surface area contributed by atoms with Crippen LogP contribution in [-0.2, 0) is 16.6 Å². The Morgan fingerprint density at radius 1 is 1.04 bits per heavy atom. The van der Waals surface area contributed by atoms with Crippen LogP contribution in [0.15, 0.2) is 53.7 Å². The van der Waals surface area contributed by atoms with E-state index in [1.807, 2.05) is 0 Å². The summed E-state index contributed by atoms with van der Waals surface area (Å²) in [6, 6.07) is 12.0. The van der Waals surface area contributed by atoms with Gasteiger partial charge in [0.25, 0.3) is 0 Å². The van der Waals surface area contributed by atoms with Crippen LogP contribution in [0.3, 0.4) is 0 Å². The molecule has 1 aromatic carbocycles. The predicted molar refractivity (Wildman–Crippen MR) is 98.8 cm³/mol. The predicted octanol–water partition coefficient (Wildman–Crippen LogP) is 2.71. The molecule has 2 aromatic rings. The maximum absolute atomic E-state index is 12.6. The van der Waals surface area contributed by atoms with Crippen molar-refractivity contribution in [2.45, 2.75) is 31.2 Å². The van der Waals surface area contributed by atoms with Crippen LogP contribution < -0.4 is 0 Å². The molecule has 0 aliphatic carbocycles. The molecule has 134 valence electrons. The summed E-state index contributed by atoms with van der Waals surface area (Å²) in [5, 5.41) is 0. The van der Waals surface area contributed by atoms with Gasteiger partial charge in [-0.05, 0) is 29.2 Å². The molecule has 1 aliphatic heterocycles. The van der Waals surface area contributed by atoms with Gasteiger partial charge in [-0.15, -0.1) is 0 Å². The van der Waals surface area contributed by atoms with E-state index in [1.54, 1.807) is 22.6 Å². The molecule has 0 spiro atoms. The van der Waals surface area contributed by atoms with E-state index in [2.05, 4.69) is 48.0 Å². The summed E-state index contributed by atoms with van der Waals surface area (Å²) in [5.74, 6) is 0.537. The van der Waals surface area contributed by atoms with Crippen molar-refractivity contribution >= 4 is 10.0 Å². The van der Waals surface area contributed by atoms with E-state index in [-0.39, 0.29) is 4.90 Å². The molecule has 2 heterocycles. The van der Waals surface area contributed by atoms with Crippen LogP contribution in [0.4, 0.5) is 0 Å². The van der Waals surface area contributed by atoms with Gasteiger partial charge in [0.15, 0.2) is 0 Å². The molecule has 1 aromatic heterocycles. The normalized spacial score (nSPS) is 17.1. The van der Waals surface area contributed by atoms with Gasteiger partial charge in [0.1, 0.15) is 4.90 Å². The van der Waals surface area contributed by atoms with E-state index in [1.165, 1.54) is 17.3 Å². The van der Waals surface area contributed by atoms with Crippen molar-refractivity contribution in [1.82, 2.24) is 14.2 Å². The van der Waals surface area contributed by atoms with Crippen LogP contribution in [0.5, 0.6) is 0 Å². The van der Waals surface area contributed by atoms with Gasteiger partial charge in [0.05, 0.1) is 0 Å². The molecule has 0 N–H and O–H groups in total. The lowest BCUT2D eigenvalue weighted by Crippen LogP contribution is -2.48. The SMILES string of the molecule is CC(C)c1ccc(CN2CCN(S(=O)(=O)c3cccnc3)CC2)cc1. The van der Waals surface area contributed by atoms with E-state index in [9.17, 15) is 8.42 Å². The second-order valence-electron chi connectivity index (χ2n) is 6.77. The summed E-state index contributed by atoms with van der Waals surface area (Å²) < 4.78 is 26.8. The topological polar surface area (TPSA) is 53.5 Å². The number of hydrogen-bond acceptors (Lipinski definition) is 4. The first-order chi connectivity index (χ1) is 12.0. The first-order valence-corrected chi connectivity index (χ1v) is 10.1. The number of nitrogens with zero attached hydrogens (tertiary/aromatic N) is 3. The molecule has 6 heteroatoms. The number of piperazine rings is 1. The average molecular weight is 359 g/mol. The number of aromatic nitrogens is 1. The molecule has 5 nitrogen and oxygen atoms in total. The Hall–Kier alpha value is -1.76. The van der Waals surface area contributed by atoms with E-state index in [0.717, 1.165) is 19.6 Å².